The van der Waals surface area contributed by atoms with Gasteiger partial charge in [0.15, 0.2) is 0 Å². The van der Waals surface area contributed by atoms with Crippen LogP contribution >= 0.6 is 15.9 Å². The predicted molar refractivity (Wildman–Crippen MR) is 83.3 cm³/mol. The summed E-state index contributed by atoms with van der Waals surface area (Å²) in [6, 6.07) is 11.0. The van der Waals surface area contributed by atoms with Crippen molar-refractivity contribution in [3.05, 3.63) is 46.6 Å². The highest BCUT2D eigenvalue weighted by atomic mass is 79.9. The first-order valence-corrected chi connectivity index (χ1v) is 7.55. The van der Waals surface area contributed by atoms with E-state index < -0.39 is 0 Å². The molecule has 2 nitrogen and oxygen atoms in total. The van der Waals surface area contributed by atoms with Gasteiger partial charge in [0.1, 0.15) is 5.76 Å². The number of halogens is 1. The zero-order chi connectivity index (χ0) is 13.7. The number of hydrogen-bond donors (Lipinski definition) is 1. The molecular weight excluding hydrogens is 302 g/mol. The smallest absolute Gasteiger partial charge is 0.148 e. The molecule has 0 radical (unpaired) electrons. The summed E-state index contributed by atoms with van der Waals surface area (Å²) in [6.07, 6.45) is 3.93. The van der Waals surface area contributed by atoms with Gasteiger partial charge in [0.05, 0.1) is 10.7 Å². The quantitative estimate of drug-likeness (QED) is 0.838. The largest absolute Gasteiger partial charge is 0.463 e. The van der Waals surface area contributed by atoms with Crippen molar-refractivity contribution in [2.45, 2.75) is 32.7 Å². The molecule has 2 aromatic rings. The molecule has 0 fully saturated rings. The van der Waals surface area contributed by atoms with Gasteiger partial charge in [-0.2, -0.15) is 0 Å². The zero-order valence-electron chi connectivity index (χ0n) is 11.4. The van der Waals surface area contributed by atoms with Gasteiger partial charge in [0.25, 0.3) is 0 Å². The lowest BCUT2D eigenvalue weighted by atomic mass is 10.0. The highest BCUT2D eigenvalue weighted by Crippen LogP contribution is 2.29. The third-order valence-electron chi connectivity index (χ3n) is 3.12. The van der Waals surface area contributed by atoms with Crippen molar-refractivity contribution in [3.8, 4) is 11.3 Å². The average molecular weight is 322 g/mol. The first kappa shape index (κ1) is 14.4. The van der Waals surface area contributed by atoms with E-state index in [-0.39, 0.29) is 0 Å². The lowest BCUT2D eigenvalue weighted by Gasteiger charge is -2.13. The molecule has 1 aromatic heterocycles. The Balaban J connectivity index is 2.01. The second-order valence-electron chi connectivity index (χ2n) is 4.85. The molecule has 0 saturated carbocycles. The van der Waals surface area contributed by atoms with Gasteiger partial charge in [-0.3, -0.25) is 0 Å². The molecule has 0 aliphatic carbocycles. The van der Waals surface area contributed by atoms with Crippen molar-refractivity contribution < 1.29 is 4.42 Å². The van der Waals surface area contributed by atoms with E-state index in [2.05, 4.69) is 59.4 Å². The molecule has 1 atom stereocenters. The Bertz CT molecular complexity index is 504. The number of benzene rings is 1. The van der Waals surface area contributed by atoms with Crippen LogP contribution in [0.2, 0.25) is 0 Å². The minimum absolute atomic E-state index is 0.515. The Morgan fingerprint density at radius 2 is 1.95 bits per heavy atom. The van der Waals surface area contributed by atoms with Crippen LogP contribution in [0.1, 0.15) is 25.8 Å². The summed E-state index contributed by atoms with van der Waals surface area (Å²) in [5.74, 6) is 0.892. The predicted octanol–water partition coefficient (Wildman–Crippen LogP) is 4.64. The first-order valence-electron chi connectivity index (χ1n) is 6.76. The standard InChI is InChI=1S/C16H20BrNO/c1-3-9-18-12(2)11-13-4-6-14(7-5-13)16-15(17)8-10-19-16/h4-8,10,12,18H,3,9,11H2,1-2H3. The molecule has 19 heavy (non-hydrogen) atoms. The van der Waals surface area contributed by atoms with Crippen molar-refractivity contribution in [1.82, 2.24) is 5.32 Å². The number of furan rings is 1. The lowest BCUT2D eigenvalue weighted by Crippen LogP contribution is -2.28. The van der Waals surface area contributed by atoms with Gasteiger partial charge in [-0.05, 0) is 53.9 Å². The molecule has 1 N–H and O–H groups in total. The van der Waals surface area contributed by atoms with Crippen molar-refractivity contribution >= 4 is 15.9 Å². The highest BCUT2D eigenvalue weighted by Gasteiger charge is 2.07. The highest BCUT2D eigenvalue weighted by molar-refractivity contribution is 9.10. The topological polar surface area (TPSA) is 25.2 Å². The van der Waals surface area contributed by atoms with Gasteiger partial charge < -0.3 is 9.73 Å². The molecule has 1 unspecified atom stereocenters. The average Bonchev–Trinajstić information content (AvgIpc) is 2.83. The molecule has 0 saturated heterocycles. The van der Waals surface area contributed by atoms with Crippen molar-refractivity contribution in [3.63, 3.8) is 0 Å². The normalized spacial score (nSPS) is 12.6. The Hall–Kier alpha value is -1.06. The number of rotatable bonds is 6. The van der Waals surface area contributed by atoms with Crippen LogP contribution in [0.4, 0.5) is 0 Å². The minimum atomic E-state index is 0.515. The molecule has 3 heteroatoms. The maximum atomic E-state index is 5.47. The van der Waals surface area contributed by atoms with Crippen LogP contribution in [-0.4, -0.2) is 12.6 Å². The van der Waals surface area contributed by atoms with Crippen molar-refractivity contribution in [2.24, 2.45) is 0 Å². The van der Waals surface area contributed by atoms with Gasteiger partial charge >= 0.3 is 0 Å². The molecule has 0 aliphatic heterocycles. The third kappa shape index (κ3) is 3.95. The van der Waals surface area contributed by atoms with Crippen LogP contribution in [0.3, 0.4) is 0 Å². The van der Waals surface area contributed by atoms with E-state index in [4.69, 9.17) is 4.42 Å². The van der Waals surface area contributed by atoms with Gasteiger partial charge in [0, 0.05) is 11.6 Å². The lowest BCUT2D eigenvalue weighted by molar-refractivity contribution is 0.543. The summed E-state index contributed by atoms with van der Waals surface area (Å²) in [7, 11) is 0. The van der Waals surface area contributed by atoms with E-state index in [1.165, 1.54) is 12.0 Å². The Morgan fingerprint density at radius 3 is 2.53 bits per heavy atom. The fraction of sp³-hybridized carbons (Fsp3) is 0.375. The minimum Gasteiger partial charge on any atom is -0.463 e. The van der Waals surface area contributed by atoms with Crippen LogP contribution in [-0.2, 0) is 6.42 Å². The first-order chi connectivity index (χ1) is 9.20. The van der Waals surface area contributed by atoms with E-state index in [9.17, 15) is 0 Å². The molecule has 0 aliphatic rings. The van der Waals surface area contributed by atoms with E-state index in [1.807, 2.05) is 6.07 Å². The van der Waals surface area contributed by atoms with Crippen LogP contribution < -0.4 is 5.32 Å². The number of hydrogen-bond acceptors (Lipinski definition) is 2. The fourth-order valence-electron chi connectivity index (χ4n) is 2.11. The van der Waals surface area contributed by atoms with E-state index in [1.54, 1.807) is 6.26 Å². The summed E-state index contributed by atoms with van der Waals surface area (Å²) in [5, 5.41) is 3.51. The molecule has 0 amide bonds. The summed E-state index contributed by atoms with van der Waals surface area (Å²) >= 11 is 3.49. The Morgan fingerprint density at radius 1 is 1.21 bits per heavy atom. The van der Waals surface area contributed by atoms with E-state index in [0.717, 1.165) is 28.8 Å². The van der Waals surface area contributed by atoms with Gasteiger partial charge in [-0.15, -0.1) is 0 Å². The molecule has 0 bridgehead atoms. The second-order valence-corrected chi connectivity index (χ2v) is 5.71. The molecule has 1 aromatic carbocycles. The Kier molecular flexibility index (Phi) is 5.23. The molecule has 1 heterocycles. The fourth-order valence-corrected chi connectivity index (χ4v) is 2.54. The SMILES string of the molecule is CCCNC(C)Cc1ccc(-c2occc2Br)cc1. The third-order valence-corrected chi connectivity index (χ3v) is 3.74. The zero-order valence-corrected chi connectivity index (χ0v) is 13.0. The summed E-state index contributed by atoms with van der Waals surface area (Å²) in [6.45, 7) is 5.50. The van der Waals surface area contributed by atoms with Crippen LogP contribution in [0.25, 0.3) is 11.3 Å². The van der Waals surface area contributed by atoms with Crippen LogP contribution in [0.5, 0.6) is 0 Å². The van der Waals surface area contributed by atoms with E-state index in [0.29, 0.717) is 6.04 Å². The molecule has 102 valence electrons. The molecule has 0 spiro atoms. The summed E-state index contributed by atoms with van der Waals surface area (Å²) in [4.78, 5) is 0. The van der Waals surface area contributed by atoms with Gasteiger partial charge in [-0.25, -0.2) is 0 Å². The maximum Gasteiger partial charge on any atom is 0.148 e. The van der Waals surface area contributed by atoms with Gasteiger partial charge in [0.2, 0.25) is 0 Å². The number of nitrogens with one attached hydrogen (secondary N) is 1. The molecule has 2 rings (SSSR count). The van der Waals surface area contributed by atoms with Crippen molar-refractivity contribution in [2.75, 3.05) is 6.54 Å². The second kappa shape index (κ2) is 6.92. The monoisotopic (exact) mass is 321 g/mol. The van der Waals surface area contributed by atoms with Crippen molar-refractivity contribution in [1.29, 1.82) is 0 Å². The maximum absolute atomic E-state index is 5.47. The van der Waals surface area contributed by atoms with Gasteiger partial charge in [-0.1, -0.05) is 31.2 Å². The summed E-state index contributed by atoms with van der Waals surface area (Å²) in [5.41, 5.74) is 2.46. The van der Waals surface area contributed by atoms with Crippen LogP contribution in [0.15, 0.2) is 45.5 Å². The van der Waals surface area contributed by atoms with Crippen LogP contribution in [0, 0.1) is 0 Å². The Labute approximate surface area is 123 Å². The van der Waals surface area contributed by atoms with E-state index >= 15 is 0 Å². The summed E-state index contributed by atoms with van der Waals surface area (Å²) < 4.78 is 6.46. The molecular formula is C16H20BrNO.